The van der Waals surface area contributed by atoms with Crippen molar-refractivity contribution >= 4 is 23.4 Å². The zero-order valence-corrected chi connectivity index (χ0v) is 17.8. The number of likely N-dealkylation sites (tertiary alicyclic amines) is 1. The number of guanidine groups is 1. The van der Waals surface area contributed by atoms with E-state index < -0.39 is 0 Å². The summed E-state index contributed by atoms with van der Waals surface area (Å²) in [5.41, 5.74) is 1.21. The van der Waals surface area contributed by atoms with Gasteiger partial charge in [-0.3, -0.25) is 4.99 Å². The van der Waals surface area contributed by atoms with E-state index in [2.05, 4.69) is 36.4 Å². The molecule has 0 atom stereocenters. The number of nitrogens with zero attached hydrogens (tertiary/aromatic N) is 3. The van der Waals surface area contributed by atoms with Crippen LogP contribution in [0.5, 0.6) is 0 Å². The van der Waals surface area contributed by atoms with Crippen LogP contribution in [0.2, 0.25) is 0 Å². The van der Waals surface area contributed by atoms with Gasteiger partial charge in [0.15, 0.2) is 5.96 Å². The molecule has 1 amide bonds. The van der Waals surface area contributed by atoms with E-state index in [1.807, 2.05) is 6.92 Å². The van der Waals surface area contributed by atoms with Gasteiger partial charge in [-0.2, -0.15) is 0 Å². The highest BCUT2D eigenvalue weighted by molar-refractivity contribution is 7.11. The summed E-state index contributed by atoms with van der Waals surface area (Å²) >= 11 is 1.78. The van der Waals surface area contributed by atoms with Crippen molar-refractivity contribution in [3.63, 3.8) is 0 Å². The maximum absolute atomic E-state index is 11.8. The van der Waals surface area contributed by atoms with Crippen molar-refractivity contribution in [2.24, 2.45) is 4.99 Å². The molecule has 0 spiro atoms. The number of carbonyl (C=O) groups is 1. The Morgan fingerprint density at radius 2 is 2.07 bits per heavy atom. The standard InChI is InChI=1S/C19H33N5O2S/c1-5-16-14(4)27-17(23-16)8-11-21-18(20-6-2)22-15-9-12-24(13-10-15)19(25)26-7-3/h15H,5-13H2,1-4H3,(H2,20,21,22). The topological polar surface area (TPSA) is 78.9 Å². The summed E-state index contributed by atoms with van der Waals surface area (Å²) in [4.78, 5) is 24.3. The summed E-state index contributed by atoms with van der Waals surface area (Å²) in [5.74, 6) is 0.844. The van der Waals surface area contributed by atoms with Crippen molar-refractivity contribution in [2.75, 3.05) is 32.8 Å². The maximum Gasteiger partial charge on any atom is 0.409 e. The fourth-order valence-electron chi connectivity index (χ4n) is 3.12. The second-order valence-electron chi connectivity index (χ2n) is 6.58. The van der Waals surface area contributed by atoms with Gasteiger partial charge < -0.3 is 20.3 Å². The van der Waals surface area contributed by atoms with Crippen LogP contribution in [0.4, 0.5) is 4.79 Å². The van der Waals surface area contributed by atoms with Gasteiger partial charge in [0.25, 0.3) is 0 Å². The Hall–Kier alpha value is -1.83. The second-order valence-corrected chi connectivity index (χ2v) is 7.87. The van der Waals surface area contributed by atoms with Gasteiger partial charge in [0.1, 0.15) is 0 Å². The van der Waals surface area contributed by atoms with Gasteiger partial charge in [0.05, 0.1) is 17.3 Å². The SMILES string of the molecule is CCNC(=NCCc1nc(CC)c(C)s1)NC1CCN(C(=O)OCC)CC1. The zero-order chi connectivity index (χ0) is 19.6. The van der Waals surface area contributed by atoms with E-state index in [9.17, 15) is 4.79 Å². The molecule has 0 aliphatic carbocycles. The smallest absolute Gasteiger partial charge is 0.409 e. The lowest BCUT2D eigenvalue weighted by molar-refractivity contribution is 0.0963. The Kier molecular flexibility index (Phi) is 8.84. The minimum atomic E-state index is -0.207. The summed E-state index contributed by atoms with van der Waals surface area (Å²) < 4.78 is 5.08. The fraction of sp³-hybridized carbons (Fsp3) is 0.737. The highest BCUT2D eigenvalue weighted by Crippen LogP contribution is 2.18. The van der Waals surface area contributed by atoms with Crippen LogP contribution in [0.3, 0.4) is 0 Å². The number of rotatable bonds is 7. The van der Waals surface area contributed by atoms with Gasteiger partial charge in [-0.25, -0.2) is 9.78 Å². The lowest BCUT2D eigenvalue weighted by Crippen LogP contribution is -2.50. The van der Waals surface area contributed by atoms with Gasteiger partial charge >= 0.3 is 6.09 Å². The van der Waals surface area contributed by atoms with Crippen LogP contribution in [-0.4, -0.2) is 60.8 Å². The molecule has 2 rings (SSSR count). The number of piperidine rings is 1. The molecule has 152 valence electrons. The van der Waals surface area contributed by atoms with Crippen LogP contribution in [0.25, 0.3) is 0 Å². The fourth-order valence-corrected chi connectivity index (χ4v) is 4.13. The Morgan fingerprint density at radius 1 is 1.33 bits per heavy atom. The first kappa shape index (κ1) is 21.5. The molecule has 0 bridgehead atoms. The number of ether oxygens (including phenoxy) is 1. The number of carbonyl (C=O) groups excluding carboxylic acids is 1. The zero-order valence-electron chi connectivity index (χ0n) is 17.0. The Labute approximate surface area is 166 Å². The normalized spacial score (nSPS) is 15.7. The van der Waals surface area contributed by atoms with Crippen molar-refractivity contribution < 1.29 is 9.53 Å². The van der Waals surface area contributed by atoms with Crippen LogP contribution in [0.1, 0.15) is 49.2 Å². The van der Waals surface area contributed by atoms with Crippen molar-refractivity contribution in [3.05, 3.63) is 15.6 Å². The van der Waals surface area contributed by atoms with E-state index in [1.165, 1.54) is 10.6 Å². The Balaban J connectivity index is 1.82. The van der Waals surface area contributed by atoms with E-state index in [0.717, 1.165) is 43.2 Å². The third-order valence-corrected chi connectivity index (χ3v) is 5.65. The van der Waals surface area contributed by atoms with Crippen molar-refractivity contribution in [3.8, 4) is 0 Å². The van der Waals surface area contributed by atoms with Crippen molar-refractivity contribution in [1.82, 2.24) is 20.5 Å². The largest absolute Gasteiger partial charge is 0.450 e. The first-order valence-corrected chi connectivity index (χ1v) is 10.8. The van der Waals surface area contributed by atoms with Crippen LogP contribution >= 0.6 is 11.3 Å². The van der Waals surface area contributed by atoms with E-state index in [4.69, 9.17) is 9.73 Å². The average Bonchev–Trinajstić information content (AvgIpc) is 3.02. The summed E-state index contributed by atoms with van der Waals surface area (Å²) in [7, 11) is 0. The number of aryl methyl sites for hydroxylation is 2. The number of thiazole rings is 1. The third-order valence-electron chi connectivity index (χ3n) is 4.57. The molecule has 7 nitrogen and oxygen atoms in total. The predicted molar refractivity (Wildman–Crippen MR) is 111 cm³/mol. The van der Waals surface area contributed by atoms with E-state index >= 15 is 0 Å². The molecule has 1 saturated heterocycles. The average molecular weight is 396 g/mol. The number of amides is 1. The summed E-state index contributed by atoms with van der Waals surface area (Å²) in [6, 6.07) is 0.322. The molecular formula is C19H33N5O2S. The predicted octanol–water partition coefficient (Wildman–Crippen LogP) is 2.73. The molecule has 2 heterocycles. The first-order valence-electron chi connectivity index (χ1n) is 9.99. The molecule has 0 aromatic carbocycles. The third kappa shape index (κ3) is 6.68. The van der Waals surface area contributed by atoms with Crippen molar-refractivity contribution in [2.45, 2.75) is 59.4 Å². The number of aromatic nitrogens is 1. The molecule has 27 heavy (non-hydrogen) atoms. The summed E-state index contributed by atoms with van der Waals surface area (Å²) in [6.07, 6.45) is 3.44. The quantitative estimate of drug-likeness (QED) is 0.548. The molecule has 1 aliphatic heterocycles. The molecule has 8 heteroatoms. The van der Waals surface area contributed by atoms with E-state index in [1.54, 1.807) is 16.2 Å². The van der Waals surface area contributed by atoms with Crippen LogP contribution in [0, 0.1) is 6.92 Å². The minimum absolute atomic E-state index is 0.207. The van der Waals surface area contributed by atoms with Gasteiger partial charge in [0, 0.05) is 43.5 Å². The van der Waals surface area contributed by atoms with Crippen molar-refractivity contribution in [1.29, 1.82) is 0 Å². The van der Waals surface area contributed by atoms with Gasteiger partial charge in [0.2, 0.25) is 0 Å². The van der Waals surface area contributed by atoms with Gasteiger partial charge in [-0.15, -0.1) is 11.3 Å². The number of nitrogens with one attached hydrogen (secondary N) is 2. The Morgan fingerprint density at radius 3 is 2.67 bits per heavy atom. The molecule has 1 fully saturated rings. The minimum Gasteiger partial charge on any atom is -0.450 e. The number of hydrogen-bond donors (Lipinski definition) is 2. The maximum atomic E-state index is 11.8. The van der Waals surface area contributed by atoms with Crippen LogP contribution < -0.4 is 10.6 Å². The van der Waals surface area contributed by atoms with Gasteiger partial charge in [-0.1, -0.05) is 6.92 Å². The first-order chi connectivity index (χ1) is 13.1. The molecular weight excluding hydrogens is 362 g/mol. The van der Waals surface area contributed by atoms with Crippen LogP contribution in [-0.2, 0) is 17.6 Å². The van der Waals surface area contributed by atoms with Gasteiger partial charge in [-0.05, 0) is 40.0 Å². The molecule has 1 aromatic heterocycles. The highest BCUT2D eigenvalue weighted by atomic mass is 32.1. The van der Waals surface area contributed by atoms with E-state index in [-0.39, 0.29) is 6.09 Å². The summed E-state index contributed by atoms with van der Waals surface area (Å²) in [6.45, 7) is 11.6. The lowest BCUT2D eigenvalue weighted by Gasteiger charge is -2.32. The lowest BCUT2D eigenvalue weighted by atomic mass is 10.1. The number of aliphatic imine (C=N–C) groups is 1. The molecule has 0 radical (unpaired) electrons. The molecule has 0 unspecified atom stereocenters. The molecule has 0 saturated carbocycles. The van der Waals surface area contributed by atoms with E-state index in [0.29, 0.717) is 32.3 Å². The highest BCUT2D eigenvalue weighted by Gasteiger charge is 2.24. The number of hydrogen-bond acceptors (Lipinski definition) is 5. The Bertz CT molecular complexity index is 624. The monoisotopic (exact) mass is 395 g/mol. The summed E-state index contributed by atoms with van der Waals surface area (Å²) in [5, 5.41) is 7.98. The second kappa shape index (κ2) is 11.1. The molecule has 1 aromatic rings. The van der Waals surface area contributed by atoms with Crippen LogP contribution in [0.15, 0.2) is 4.99 Å². The molecule has 2 N–H and O–H groups in total. The molecule has 1 aliphatic rings.